The summed E-state index contributed by atoms with van der Waals surface area (Å²) in [7, 11) is 0. The van der Waals surface area contributed by atoms with Crippen molar-refractivity contribution in [3.63, 3.8) is 0 Å². The van der Waals surface area contributed by atoms with Crippen LogP contribution in [0.15, 0.2) is 22.7 Å². The molecule has 0 spiro atoms. The van der Waals surface area contributed by atoms with E-state index in [0.29, 0.717) is 0 Å². The summed E-state index contributed by atoms with van der Waals surface area (Å²) in [6, 6.07) is 3.89. The summed E-state index contributed by atoms with van der Waals surface area (Å²) < 4.78 is 0. The third-order valence-electron chi connectivity index (χ3n) is 1.26. The molecule has 0 amide bonds. The molecule has 1 aromatic rings. The molecule has 0 aromatic carbocycles. The van der Waals surface area contributed by atoms with Gasteiger partial charge in [0.25, 0.3) is 0 Å². The van der Waals surface area contributed by atoms with Crippen molar-refractivity contribution in [3.8, 4) is 0 Å². The number of nitrogens with zero attached hydrogens (tertiary/aromatic N) is 1. The third kappa shape index (κ3) is 1.36. The molecular weight excluding hydrogens is 146 g/mol. The van der Waals surface area contributed by atoms with Gasteiger partial charge in [0.1, 0.15) is 0 Å². The second-order valence-corrected chi connectivity index (χ2v) is 2.83. The van der Waals surface area contributed by atoms with Gasteiger partial charge in [0, 0.05) is 0 Å². The third-order valence-corrected chi connectivity index (χ3v) is 2.18. The summed E-state index contributed by atoms with van der Waals surface area (Å²) in [6.07, 6.45) is 0.775. The molecule has 1 heterocycles. The molecule has 0 saturated carbocycles. The highest BCUT2D eigenvalue weighted by atomic mass is 32.1. The first-order valence-corrected chi connectivity index (χ1v) is 4.01. The maximum absolute atomic E-state index is 8.49. The van der Waals surface area contributed by atoms with Gasteiger partial charge in [-0.1, -0.05) is 18.1 Å². The van der Waals surface area contributed by atoms with Gasteiger partial charge in [-0.25, -0.2) is 0 Å². The molecule has 0 aliphatic rings. The maximum Gasteiger partial charge on any atom is 0.0964 e. The van der Waals surface area contributed by atoms with E-state index in [4.69, 9.17) is 5.21 Å². The molecule has 0 radical (unpaired) electrons. The minimum atomic E-state index is 0.759. The van der Waals surface area contributed by atoms with Crippen LogP contribution in [0.25, 0.3) is 0 Å². The lowest BCUT2D eigenvalue weighted by molar-refractivity contribution is 0.318. The van der Waals surface area contributed by atoms with E-state index < -0.39 is 0 Å². The lowest BCUT2D eigenvalue weighted by Crippen LogP contribution is -1.93. The first kappa shape index (κ1) is 7.28. The lowest BCUT2D eigenvalue weighted by atomic mass is 10.2. The van der Waals surface area contributed by atoms with Crippen LogP contribution in [0.5, 0.6) is 0 Å². The van der Waals surface area contributed by atoms with Crippen LogP contribution >= 0.6 is 11.3 Å². The Morgan fingerprint density at radius 3 is 3.00 bits per heavy atom. The summed E-state index contributed by atoms with van der Waals surface area (Å²) in [5.41, 5.74) is 0.759. The predicted molar refractivity (Wildman–Crippen MR) is 42.9 cm³/mol. The first-order chi connectivity index (χ1) is 4.88. The highest BCUT2D eigenvalue weighted by molar-refractivity contribution is 7.12. The van der Waals surface area contributed by atoms with Crippen molar-refractivity contribution in [2.45, 2.75) is 13.3 Å². The van der Waals surface area contributed by atoms with Crippen LogP contribution in [-0.2, 0) is 0 Å². The van der Waals surface area contributed by atoms with E-state index >= 15 is 0 Å². The standard InChI is InChI=1S/C7H9NOS/c1-2-6(8-9)7-4-3-5-10-7/h3-5,9H,2H2,1H3/b8-6-. The summed E-state index contributed by atoms with van der Waals surface area (Å²) in [5.74, 6) is 0. The molecule has 0 unspecified atom stereocenters. The van der Waals surface area contributed by atoms with Crippen molar-refractivity contribution in [1.82, 2.24) is 0 Å². The van der Waals surface area contributed by atoms with E-state index in [0.717, 1.165) is 17.0 Å². The van der Waals surface area contributed by atoms with Crippen molar-refractivity contribution in [3.05, 3.63) is 22.4 Å². The van der Waals surface area contributed by atoms with Crippen molar-refractivity contribution in [1.29, 1.82) is 0 Å². The van der Waals surface area contributed by atoms with Gasteiger partial charge in [-0.3, -0.25) is 0 Å². The summed E-state index contributed by atoms with van der Waals surface area (Å²) in [6.45, 7) is 1.97. The van der Waals surface area contributed by atoms with E-state index in [-0.39, 0.29) is 0 Å². The van der Waals surface area contributed by atoms with Crippen LogP contribution in [0.3, 0.4) is 0 Å². The average molecular weight is 155 g/mol. The SMILES string of the molecule is CC/C(=N/O)c1cccs1. The quantitative estimate of drug-likeness (QED) is 0.397. The maximum atomic E-state index is 8.49. The molecule has 1 aromatic heterocycles. The fourth-order valence-electron chi connectivity index (χ4n) is 0.737. The molecule has 1 rings (SSSR count). The van der Waals surface area contributed by atoms with Crippen LogP contribution in [0, 0.1) is 0 Å². The van der Waals surface area contributed by atoms with Gasteiger partial charge in [0.05, 0.1) is 10.6 Å². The van der Waals surface area contributed by atoms with E-state index in [1.807, 2.05) is 24.4 Å². The predicted octanol–water partition coefficient (Wildman–Crippen LogP) is 2.34. The first-order valence-electron chi connectivity index (χ1n) is 3.13. The van der Waals surface area contributed by atoms with E-state index in [1.54, 1.807) is 11.3 Å². The van der Waals surface area contributed by atoms with Gasteiger partial charge in [-0.15, -0.1) is 11.3 Å². The fraction of sp³-hybridized carbons (Fsp3) is 0.286. The molecule has 54 valence electrons. The summed E-state index contributed by atoms with van der Waals surface area (Å²) in [5, 5.41) is 13.6. The zero-order valence-corrected chi connectivity index (χ0v) is 6.56. The second kappa shape index (κ2) is 3.37. The van der Waals surface area contributed by atoms with E-state index in [9.17, 15) is 0 Å². The Morgan fingerprint density at radius 2 is 2.60 bits per heavy atom. The highest BCUT2D eigenvalue weighted by Crippen LogP contribution is 2.11. The van der Waals surface area contributed by atoms with Crippen molar-refractivity contribution < 1.29 is 5.21 Å². The molecule has 3 heteroatoms. The molecule has 0 aliphatic carbocycles. The molecular formula is C7H9NOS. The van der Waals surface area contributed by atoms with Gasteiger partial charge in [0.2, 0.25) is 0 Å². The molecule has 1 N–H and O–H groups in total. The van der Waals surface area contributed by atoms with Gasteiger partial charge in [-0.05, 0) is 17.9 Å². The summed E-state index contributed by atoms with van der Waals surface area (Å²) >= 11 is 1.59. The molecule has 0 atom stereocenters. The number of hydrogen-bond acceptors (Lipinski definition) is 3. The number of oxime groups is 1. The Kier molecular flexibility index (Phi) is 2.45. The van der Waals surface area contributed by atoms with E-state index in [2.05, 4.69) is 5.16 Å². The molecule has 0 fully saturated rings. The Labute approximate surface area is 63.8 Å². The Balaban J connectivity index is 2.85. The van der Waals surface area contributed by atoms with E-state index in [1.165, 1.54) is 0 Å². The smallest absolute Gasteiger partial charge is 0.0964 e. The molecule has 2 nitrogen and oxygen atoms in total. The van der Waals surface area contributed by atoms with Crippen LogP contribution in [0.1, 0.15) is 18.2 Å². The summed E-state index contributed by atoms with van der Waals surface area (Å²) in [4.78, 5) is 1.05. The van der Waals surface area contributed by atoms with Gasteiger partial charge in [-0.2, -0.15) is 0 Å². The van der Waals surface area contributed by atoms with Gasteiger partial charge in [0.15, 0.2) is 0 Å². The van der Waals surface area contributed by atoms with Crippen molar-refractivity contribution in [2.24, 2.45) is 5.16 Å². The minimum Gasteiger partial charge on any atom is -0.411 e. The zero-order chi connectivity index (χ0) is 7.40. The largest absolute Gasteiger partial charge is 0.411 e. The van der Waals surface area contributed by atoms with Crippen LogP contribution in [0.2, 0.25) is 0 Å². The number of hydrogen-bond donors (Lipinski definition) is 1. The number of thiophene rings is 1. The molecule has 0 bridgehead atoms. The van der Waals surface area contributed by atoms with Gasteiger partial charge >= 0.3 is 0 Å². The monoisotopic (exact) mass is 155 g/mol. The van der Waals surface area contributed by atoms with Crippen LogP contribution in [-0.4, -0.2) is 10.9 Å². The Hall–Kier alpha value is -0.830. The normalized spacial score (nSPS) is 11.9. The topological polar surface area (TPSA) is 32.6 Å². The minimum absolute atomic E-state index is 0.759. The lowest BCUT2D eigenvalue weighted by Gasteiger charge is -1.93. The van der Waals surface area contributed by atoms with Crippen LogP contribution in [0.4, 0.5) is 0 Å². The molecule has 0 saturated heterocycles. The van der Waals surface area contributed by atoms with Gasteiger partial charge < -0.3 is 5.21 Å². The van der Waals surface area contributed by atoms with Crippen LogP contribution < -0.4 is 0 Å². The van der Waals surface area contributed by atoms with Crippen molar-refractivity contribution >= 4 is 17.0 Å². The molecule has 0 aliphatic heterocycles. The highest BCUT2D eigenvalue weighted by Gasteiger charge is 2.00. The second-order valence-electron chi connectivity index (χ2n) is 1.88. The fourth-order valence-corrected chi connectivity index (χ4v) is 1.52. The Bertz CT molecular complexity index is 216. The Morgan fingerprint density at radius 1 is 1.80 bits per heavy atom. The number of rotatable bonds is 2. The van der Waals surface area contributed by atoms with Crippen molar-refractivity contribution in [2.75, 3.05) is 0 Å². The zero-order valence-electron chi connectivity index (χ0n) is 5.74. The average Bonchev–Trinajstić information content (AvgIpc) is 2.43. The molecule has 10 heavy (non-hydrogen) atoms.